The molecule has 0 aromatic heterocycles. The minimum atomic E-state index is 0.825. The van der Waals surface area contributed by atoms with Crippen LogP contribution in [0.15, 0.2) is 0 Å². The summed E-state index contributed by atoms with van der Waals surface area (Å²) in [5.74, 6) is 0.867. The molecule has 3 heteroatoms. The number of hydrogen-bond acceptors (Lipinski definition) is 3. The maximum Gasteiger partial charge on any atom is 0.0469 e. The molecule has 2 aliphatic rings. The summed E-state index contributed by atoms with van der Waals surface area (Å²) in [4.78, 5) is 2.51. The van der Waals surface area contributed by atoms with E-state index in [1.807, 2.05) is 0 Å². The van der Waals surface area contributed by atoms with Crippen molar-refractivity contribution in [3.05, 3.63) is 0 Å². The SMILES string of the molecule is CN(CCCNC1CCCC1)CC1CCOCC1. The van der Waals surface area contributed by atoms with Crippen molar-refractivity contribution < 1.29 is 4.74 Å². The van der Waals surface area contributed by atoms with Crippen molar-refractivity contribution in [3.63, 3.8) is 0 Å². The standard InChI is InChI=1S/C15H30N2O/c1-17(13-14-7-11-18-12-8-14)10-4-9-16-15-5-2-3-6-15/h14-16H,2-13H2,1H3. The number of hydrogen-bond donors (Lipinski definition) is 1. The minimum absolute atomic E-state index is 0.825. The molecule has 2 fully saturated rings. The van der Waals surface area contributed by atoms with E-state index < -0.39 is 0 Å². The topological polar surface area (TPSA) is 24.5 Å². The van der Waals surface area contributed by atoms with Gasteiger partial charge in [0, 0.05) is 25.8 Å². The molecule has 3 nitrogen and oxygen atoms in total. The first-order valence-corrected chi connectivity index (χ1v) is 7.84. The van der Waals surface area contributed by atoms with Gasteiger partial charge in [-0.05, 0) is 58.2 Å². The van der Waals surface area contributed by atoms with Crippen molar-refractivity contribution in [1.82, 2.24) is 10.2 Å². The molecule has 106 valence electrons. The Hall–Kier alpha value is -0.120. The summed E-state index contributed by atoms with van der Waals surface area (Å²) in [5.41, 5.74) is 0. The molecule has 1 N–H and O–H groups in total. The lowest BCUT2D eigenvalue weighted by Gasteiger charge is -2.27. The van der Waals surface area contributed by atoms with Gasteiger partial charge in [0.25, 0.3) is 0 Å². The van der Waals surface area contributed by atoms with Gasteiger partial charge in [0.05, 0.1) is 0 Å². The van der Waals surface area contributed by atoms with E-state index >= 15 is 0 Å². The first kappa shape index (κ1) is 14.3. The van der Waals surface area contributed by atoms with Gasteiger partial charge < -0.3 is 15.0 Å². The van der Waals surface area contributed by atoms with E-state index in [0.717, 1.165) is 25.2 Å². The zero-order valence-electron chi connectivity index (χ0n) is 12.0. The van der Waals surface area contributed by atoms with Gasteiger partial charge in [0.1, 0.15) is 0 Å². The third-order valence-corrected chi connectivity index (χ3v) is 4.42. The van der Waals surface area contributed by atoms with Crippen LogP contribution in [0.1, 0.15) is 44.9 Å². The first-order chi connectivity index (χ1) is 8.84. The van der Waals surface area contributed by atoms with Crippen molar-refractivity contribution >= 4 is 0 Å². The van der Waals surface area contributed by atoms with Crippen LogP contribution >= 0.6 is 0 Å². The monoisotopic (exact) mass is 254 g/mol. The molecule has 0 radical (unpaired) electrons. The highest BCUT2D eigenvalue weighted by Crippen LogP contribution is 2.17. The Kier molecular flexibility index (Phi) is 6.46. The van der Waals surface area contributed by atoms with Crippen molar-refractivity contribution in [2.24, 2.45) is 5.92 Å². The Morgan fingerprint density at radius 2 is 1.83 bits per heavy atom. The van der Waals surface area contributed by atoms with Crippen LogP contribution in [0.2, 0.25) is 0 Å². The number of nitrogens with zero attached hydrogens (tertiary/aromatic N) is 1. The van der Waals surface area contributed by atoms with Crippen molar-refractivity contribution in [2.45, 2.75) is 51.0 Å². The van der Waals surface area contributed by atoms with E-state index in [1.54, 1.807) is 0 Å². The predicted octanol–water partition coefficient (Wildman–Crippen LogP) is 2.27. The van der Waals surface area contributed by atoms with Gasteiger partial charge in [0.2, 0.25) is 0 Å². The number of ether oxygens (including phenoxy) is 1. The summed E-state index contributed by atoms with van der Waals surface area (Å²) < 4.78 is 5.41. The minimum Gasteiger partial charge on any atom is -0.381 e. The molecular formula is C15H30N2O. The maximum atomic E-state index is 5.41. The summed E-state index contributed by atoms with van der Waals surface area (Å²) in [6, 6.07) is 0.825. The third kappa shape index (κ3) is 5.25. The van der Waals surface area contributed by atoms with Crippen molar-refractivity contribution in [2.75, 3.05) is 39.9 Å². The molecule has 0 bridgehead atoms. The van der Waals surface area contributed by atoms with Crippen LogP contribution in [0.3, 0.4) is 0 Å². The van der Waals surface area contributed by atoms with E-state index in [9.17, 15) is 0 Å². The molecule has 1 saturated heterocycles. The Balaban J connectivity index is 1.47. The van der Waals surface area contributed by atoms with Crippen LogP contribution in [0.25, 0.3) is 0 Å². The highest BCUT2D eigenvalue weighted by atomic mass is 16.5. The van der Waals surface area contributed by atoms with Crippen LogP contribution in [0, 0.1) is 5.92 Å². The Labute approximate surface area is 112 Å². The molecule has 2 rings (SSSR count). The van der Waals surface area contributed by atoms with Gasteiger partial charge in [-0.3, -0.25) is 0 Å². The van der Waals surface area contributed by atoms with Gasteiger partial charge >= 0.3 is 0 Å². The summed E-state index contributed by atoms with van der Waals surface area (Å²) in [5, 5.41) is 3.69. The molecule has 0 unspecified atom stereocenters. The summed E-state index contributed by atoms with van der Waals surface area (Å²) in [7, 11) is 2.27. The normalized spacial score (nSPS) is 23.0. The Morgan fingerprint density at radius 1 is 1.11 bits per heavy atom. The third-order valence-electron chi connectivity index (χ3n) is 4.42. The molecule has 0 aromatic rings. The van der Waals surface area contributed by atoms with E-state index in [-0.39, 0.29) is 0 Å². The summed E-state index contributed by atoms with van der Waals surface area (Å²) in [6.07, 6.45) is 9.46. The molecular weight excluding hydrogens is 224 g/mol. The van der Waals surface area contributed by atoms with E-state index in [1.165, 1.54) is 64.6 Å². The van der Waals surface area contributed by atoms with E-state index in [0.29, 0.717) is 0 Å². The average Bonchev–Trinajstić information content (AvgIpc) is 2.89. The maximum absolute atomic E-state index is 5.41. The van der Waals surface area contributed by atoms with Crippen LogP contribution in [0.4, 0.5) is 0 Å². The largest absolute Gasteiger partial charge is 0.381 e. The molecule has 1 heterocycles. The molecule has 1 aliphatic heterocycles. The van der Waals surface area contributed by atoms with Crippen molar-refractivity contribution in [3.8, 4) is 0 Å². The zero-order chi connectivity index (χ0) is 12.6. The smallest absolute Gasteiger partial charge is 0.0469 e. The Bertz CT molecular complexity index is 211. The molecule has 1 saturated carbocycles. The quantitative estimate of drug-likeness (QED) is 0.705. The van der Waals surface area contributed by atoms with Crippen LogP contribution in [0.5, 0.6) is 0 Å². The van der Waals surface area contributed by atoms with Gasteiger partial charge in [-0.15, -0.1) is 0 Å². The van der Waals surface area contributed by atoms with E-state index in [4.69, 9.17) is 4.74 Å². The lowest BCUT2D eigenvalue weighted by Crippen LogP contribution is -2.33. The lowest BCUT2D eigenvalue weighted by molar-refractivity contribution is 0.0556. The van der Waals surface area contributed by atoms with Crippen LogP contribution in [-0.2, 0) is 4.74 Å². The molecule has 0 amide bonds. The zero-order valence-corrected chi connectivity index (χ0v) is 12.0. The summed E-state index contributed by atoms with van der Waals surface area (Å²) >= 11 is 0. The van der Waals surface area contributed by atoms with Gasteiger partial charge in [0.15, 0.2) is 0 Å². The van der Waals surface area contributed by atoms with Crippen molar-refractivity contribution in [1.29, 1.82) is 0 Å². The second-order valence-corrected chi connectivity index (χ2v) is 6.11. The predicted molar refractivity (Wildman–Crippen MR) is 75.9 cm³/mol. The average molecular weight is 254 g/mol. The molecule has 0 spiro atoms. The second kappa shape index (κ2) is 8.13. The Morgan fingerprint density at radius 3 is 2.56 bits per heavy atom. The first-order valence-electron chi connectivity index (χ1n) is 7.84. The molecule has 0 aromatic carbocycles. The lowest BCUT2D eigenvalue weighted by atomic mass is 10.00. The molecule has 18 heavy (non-hydrogen) atoms. The summed E-state index contributed by atoms with van der Waals surface area (Å²) in [6.45, 7) is 5.64. The highest BCUT2D eigenvalue weighted by Gasteiger charge is 2.16. The van der Waals surface area contributed by atoms with Crippen LogP contribution < -0.4 is 5.32 Å². The fourth-order valence-electron chi connectivity index (χ4n) is 3.25. The fraction of sp³-hybridized carbons (Fsp3) is 1.00. The van der Waals surface area contributed by atoms with Crippen LogP contribution in [-0.4, -0.2) is 50.8 Å². The molecule has 1 aliphatic carbocycles. The highest BCUT2D eigenvalue weighted by molar-refractivity contribution is 4.73. The van der Waals surface area contributed by atoms with Gasteiger partial charge in [-0.1, -0.05) is 12.8 Å². The van der Waals surface area contributed by atoms with Gasteiger partial charge in [-0.2, -0.15) is 0 Å². The van der Waals surface area contributed by atoms with Gasteiger partial charge in [-0.25, -0.2) is 0 Å². The van der Waals surface area contributed by atoms with E-state index in [2.05, 4.69) is 17.3 Å². The number of nitrogens with one attached hydrogen (secondary N) is 1. The molecule has 0 atom stereocenters. The number of rotatable bonds is 7. The fourth-order valence-corrected chi connectivity index (χ4v) is 3.25. The second-order valence-electron chi connectivity index (χ2n) is 6.11.